The third kappa shape index (κ3) is 2.41. The van der Waals surface area contributed by atoms with E-state index in [2.05, 4.69) is 22.7 Å². The molecule has 2 N–H and O–H groups in total. The van der Waals surface area contributed by atoms with Crippen molar-refractivity contribution in [3.8, 4) is 0 Å². The fraction of sp³-hybridized carbons (Fsp3) is 0.692. The van der Waals surface area contributed by atoms with Crippen LogP contribution in [0.2, 0.25) is 0 Å². The number of rotatable bonds is 3. The van der Waals surface area contributed by atoms with Crippen molar-refractivity contribution in [1.29, 1.82) is 0 Å². The van der Waals surface area contributed by atoms with Crippen LogP contribution in [-0.4, -0.2) is 28.3 Å². The summed E-state index contributed by atoms with van der Waals surface area (Å²) in [6.07, 6.45) is 0.929. The third-order valence-corrected chi connectivity index (χ3v) is 3.96. The van der Waals surface area contributed by atoms with E-state index in [0.29, 0.717) is 6.54 Å². The van der Waals surface area contributed by atoms with Crippen LogP contribution in [0.25, 0.3) is 0 Å². The van der Waals surface area contributed by atoms with Crippen LogP contribution in [0.15, 0.2) is 0 Å². The molecule has 2 atom stereocenters. The van der Waals surface area contributed by atoms with Gasteiger partial charge in [-0.05, 0) is 33.7 Å². The van der Waals surface area contributed by atoms with E-state index < -0.39 is 0 Å². The molecule has 5 nitrogen and oxygen atoms in total. The Morgan fingerprint density at radius 1 is 1.56 bits per heavy atom. The minimum atomic E-state index is 0.0993. The summed E-state index contributed by atoms with van der Waals surface area (Å²) in [4.78, 5) is 12.1. The molecule has 2 rings (SSSR count). The number of carbonyl (C=O) groups is 1. The molecule has 2 heterocycles. The molecule has 1 fully saturated rings. The van der Waals surface area contributed by atoms with Gasteiger partial charge in [-0.3, -0.25) is 9.48 Å². The van der Waals surface area contributed by atoms with Gasteiger partial charge >= 0.3 is 0 Å². The van der Waals surface area contributed by atoms with Gasteiger partial charge in [-0.1, -0.05) is 0 Å². The number of hydrogen-bond acceptors (Lipinski definition) is 3. The van der Waals surface area contributed by atoms with Crippen LogP contribution in [-0.2, 0) is 18.4 Å². The lowest BCUT2D eigenvalue weighted by atomic mass is 10.0. The zero-order valence-corrected chi connectivity index (χ0v) is 11.6. The summed E-state index contributed by atoms with van der Waals surface area (Å²) < 4.78 is 1.86. The van der Waals surface area contributed by atoms with Gasteiger partial charge in [0.05, 0.1) is 11.6 Å². The molecule has 1 aliphatic heterocycles. The standard InChI is InChI=1S/C13H22N4O/c1-8-11(5-6-14-8)13(18)15-7-12-9(2)16-17(4)10(12)3/h8,11,14H,5-7H2,1-4H3,(H,15,18). The van der Waals surface area contributed by atoms with Crippen molar-refractivity contribution in [2.24, 2.45) is 13.0 Å². The van der Waals surface area contributed by atoms with Crippen molar-refractivity contribution < 1.29 is 4.79 Å². The highest BCUT2D eigenvalue weighted by Gasteiger charge is 2.29. The number of carbonyl (C=O) groups excluding carboxylic acids is 1. The topological polar surface area (TPSA) is 59.0 Å². The SMILES string of the molecule is Cc1nn(C)c(C)c1CNC(=O)C1CCNC1C. The quantitative estimate of drug-likeness (QED) is 0.828. The van der Waals surface area contributed by atoms with Gasteiger partial charge in [-0.15, -0.1) is 0 Å². The van der Waals surface area contributed by atoms with Gasteiger partial charge in [0.25, 0.3) is 0 Å². The van der Waals surface area contributed by atoms with Crippen molar-refractivity contribution in [1.82, 2.24) is 20.4 Å². The molecule has 1 aliphatic rings. The summed E-state index contributed by atoms with van der Waals surface area (Å²) in [7, 11) is 1.93. The van der Waals surface area contributed by atoms with E-state index in [4.69, 9.17) is 0 Å². The number of aryl methyl sites for hydroxylation is 2. The summed E-state index contributed by atoms with van der Waals surface area (Å²) in [5.74, 6) is 0.248. The molecule has 18 heavy (non-hydrogen) atoms. The van der Waals surface area contributed by atoms with Crippen LogP contribution < -0.4 is 10.6 Å². The second-order valence-electron chi connectivity index (χ2n) is 5.13. The van der Waals surface area contributed by atoms with Crippen molar-refractivity contribution in [2.45, 2.75) is 39.8 Å². The Labute approximate surface area is 108 Å². The van der Waals surface area contributed by atoms with E-state index in [1.165, 1.54) is 0 Å². The average molecular weight is 250 g/mol. The first-order valence-electron chi connectivity index (χ1n) is 6.51. The highest BCUT2D eigenvalue weighted by Crippen LogP contribution is 2.16. The summed E-state index contributed by atoms with van der Waals surface area (Å²) >= 11 is 0. The molecule has 0 spiro atoms. The van der Waals surface area contributed by atoms with E-state index in [-0.39, 0.29) is 17.9 Å². The Balaban J connectivity index is 1.97. The second-order valence-corrected chi connectivity index (χ2v) is 5.13. The maximum Gasteiger partial charge on any atom is 0.224 e. The predicted octanol–water partition coefficient (Wildman–Crippen LogP) is 0.651. The second kappa shape index (κ2) is 5.10. The zero-order chi connectivity index (χ0) is 13.3. The van der Waals surface area contributed by atoms with Crippen LogP contribution in [0, 0.1) is 19.8 Å². The molecule has 0 aliphatic carbocycles. The van der Waals surface area contributed by atoms with Crippen LogP contribution in [0.1, 0.15) is 30.3 Å². The molecule has 0 radical (unpaired) electrons. The summed E-state index contributed by atoms with van der Waals surface area (Å²) in [6.45, 7) is 7.59. The maximum absolute atomic E-state index is 12.1. The largest absolute Gasteiger partial charge is 0.352 e. The first kappa shape index (κ1) is 13.1. The van der Waals surface area contributed by atoms with E-state index in [9.17, 15) is 4.79 Å². The molecule has 1 aromatic heterocycles. The van der Waals surface area contributed by atoms with Gasteiger partial charge in [0.15, 0.2) is 0 Å². The molecule has 2 unspecified atom stereocenters. The van der Waals surface area contributed by atoms with Crippen LogP contribution in [0.3, 0.4) is 0 Å². The predicted molar refractivity (Wildman–Crippen MR) is 70.1 cm³/mol. The molecule has 1 amide bonds. The van der Waals surface area contributed by atoms with Crippen LogP contribution >= 0.6 is 0 Å². The molecule has 0 aromatic carbocycles. The van der Waals surface area contributed by atoms with Gasteiger partial charge in [-0.2, -0.15) is 5.10 Å². The molecule has 0 saturated carbocycles. The van der Waals surface area contributed by atoms with E-state index >= 15 is 0 Å². The van der Waals surface area contributed by atoms with Crippen molar-refractivity contribution >= 4 is 5.91 Å². The smallest absolute Gasteiger partial charge is 0.224 e. The molecule has 0 bridgehead atoms. The molecule has 1 aromatic rings. The summed E-state index contributed by atoms with van der Waals surface area (Å²) in [5.41, 5.74) is 3.24. The lowest BCUT2D eigenvalue weighted by Crippen LogP contribution is -2.36. The Hall–Kier alpha value is -1.36. The minimum Gasteiger partial charge on any atom is -0.352 e. The van der Waals surface area contributed by atoms with E-state index in [1.54, 1.807) is 0 Å². The fourth-order valence-electron chi connectivity index (χ4n) is 2.60. The Kier molecular flexibility index (Phi) is 3.71. The monoisotopic (exact) mass is 250 g/mol. The van der Waals surface area contributed by atoms with Gasteiger partial charge in [0, 0.05) is 30.9 Å². The molecule has 5 heteroatoms. The van der Waals surface area contributed by atoms with Gasteiger partial charge in [-0.25, -0.2) is 0 Å². The summed E-state index contributed by atoms with van der Waals surface area (Å²) in [6, 6.07) is 0.279. The number of aromatic nitrogens is 2. The van der Waals surface area contributed by atoms with Gasteiger partial charge < -0.3 is 10.6 Å². The molecular weight excluding hydrogens is 228 g/mol. The number of nitrogens with one attached hydrogen (secondary N) is 2. The van der Waals surface area contributed by atoms with Crippen molar-refractivity contribution in [2.75, 3.05) is 6.54 Å². The first-order valence-corrected chi connectivity index (χ1v) is 6.51. The molecule has 100 valence electrons. The van der Waals surface area contributed by atoms with Gasteiger partial charge in [0.2, 0.25) is 5.91 Å². The highest BCUT2D eigenvalue weighted by atomic mass is 16.1. The van der Waals surface area contributed by atoms with E-state index in [0.717, 1.165) is 29.9 Å². The fourth-order valence-corrected chi connectivity index (χ4v) is 2.60. The van der Waals surface area contributed by atoms with Crippen molar-refractivity contribution in [3.63, 3.8) is 0 Å². The van der Waals surface area contributed by atoms with E-state index in [1.807, 2.05) is 25.6 Å². The normalized spacial score (nSPS) is 23.3. The van der Waals surface area contributed by atoms with Crippen LogP contribution in [0.4, 0.5) is 0 Å². The maximum atomic E-state index is 12.1. The number of amides is 1. The molecular formula is C13H22N4O. The minimum absolute atomic E-state index is 0.0993. The van der Waals surface area contributed by atoms with Crippen molar-refractivity contribution in [3.05, 3.63) is 17.0 Å². The highest BCUT2D eigenvalue weighted by molar-refractivity contribution is 5.79. The van der Waals surface area contributed by atoms with Gasteiger partial charge in [0.1, 0.15) is 0 Å². The Morgan fingerprint density at radius 2 is 2.28 bits per heavy atom. The first-order chi connectivity index (χ1) is 8.50. The summed E-state index contributed by atoms with van der Waals surface area (Å²) in [5, 5.41) is 10.7. The lowest BCUT2D eigenvalue weighted by Gasteiger charge is -2.15. The zero-order valence-electron chi connectivity index (χ0n) is 11.6. The number of hydrogen-bond donors (Lipinski definition) is 2. The third-order valence-electron chi connectivity index (χ3n) is 3.96. The average Bonchev–Trinajstić information content (AvgIpc) is 2.83. The lowest BCUT2D eigenvalue weighted by molar-refractivity contribution is -0.125. The Bertz CT molecular complexity index is 452. The number of nitrogens with zero attached hydrogens (tertiary/aromatic N) is 2. The Morgan fingerprint density at radius 3 is 2.78 bits per heavy atom. The van der Waals surface area contributed by atoms with Crippen LogP contribution in [0.5, 0.6) is 0 Å². The molecule has 1 saturated heterocycles.